The summed E-state index contributed by atoms with van der Waals surface area (Å²) >= 11 is 1.32. The second-order valence-electron chi connectivity index (χ2n) is 6.75. The third kappa shape index (κ3) is 3.10. The van der Waals surface area contributed by atoms with Crippen LogP contribution < -0.4 is 5.32 Å². The first-order chi connectivity index (χ1) is 13.7. The van der Waals surface area contributed by atoms with Gasteiger partial charge in [-0.1, -0.05) is 42.5 Å². The zero-order valence-electron chi connectivity index (χ0n) is 14.8. The number of aromatic hydroxyl groups is 1. The lowest BCUT2D eigenvalue weighted by atomic mass is 10.0. The van der Waals surface area contributed by atoms with Crippen LogP contribution in [-0.2, 0) is 11.2 Å². The van der Waals surface area contributed by atoms with Crippen LogP contribution in [0.25, 0.3) is 17.2 Å². The number of amides is 1. The summed E-state index contributed by atoms with van der Waals surface area (Å²) in [5, 5.41) is 12.7. The largest absolute Gasteiger partial charge is 0.508 e. The first kappa shape index (κ1) is 16.8. The Morgan fingerprint density at radius 3 is 2.61 bits per heavy atom. The molecule has 0 aromatic heterocycles. The zero-order chi connectivity index (χ0) is 19.1. The van der Waals surface area contributed by atoms with Gasteiger partial charge < -0.3 is 10.4 Å². The number of benzene rings is 3. The number of rotatable bonds is 2. The van der Waals surface area contributed by atoms with Crippen molar-refractivity contribution in [2.45, 2.75) is 6.42 Å². The number of nitrogens with one attached hydrogen (secondary N) is 1. The van der Waals surface area contributed by atoms with Crippen LogP contribution >= 0.6 is 11.8 Å². The van der Waals surface area contributed by atoms with Crippen LogP contribution in [0.5, 0.6) is 5.75 Å². The van der Waals surface area contributed by atoms with Gasteiger partial charge in [-0.3, -0.25) is 4.79 Å². The van der Waals surface area contributed by atoms with Crippen molar-refractivity contribution in [2.75, 3.05) is 0 Å². The molecule has 1 amide bonds. The number of aliphatic imine (C=N–C) groups is 1. The van der Waals surface area contributed by atoms with Crippen LogP contribution in [0.1, 0.15) is 16.7 Å². The molecule has 1 heterocycles. The van der Waals surface area contributed by atoms with Crippen LogP contribution in [0.15, 0.2) is 76.6 Å². The molecule has 3 aromatic rings. The maximum Gasteiger partial charge on any atom is 0.264 e. The molecule has 1 saturated heterocycles. The van der Waals surface area contributed by atoms with E-state index in [0.29, 0.717) is 15.8 Å². The van der Waals surface area contributed by atoms with Gasteiger partial charge in [0.15, 0.2) is 5.17 Å². The molecule has 2 aliphatic rings. The Labute approximate surface area is 166 Å². The summed E-state index contributed by atoms with van der Waals surface area (Å²) in [6.45, 7) is 0. The van der Waals surface area contributed by atoms with E-state index >= 15 is 0 Å². The topological polar surface area (TPSA) is 61.7 Å². The Morgan fingerprint density at radius 1 is 0.964 bits per heavy atom. The molecule has 0 unspecified atom stereocenters. The van der Waals surface area contributed by atoms with E-state index in [4.69, 9.17) is 0 Å². The third-order valence-electron chi connectivity index (χ3n) is 4.85. The Hall–Kier alpha value is -3.31. The molecule has 1 aliphatic carbocycles. The van der Waals surface area contributed by atoms with E-state index in [9.17, 15) is 9.90 Å². The van der Waals surface area contributed by atoms with Crippen LogP contribution in [0.4, 0.5) is 5.69 Å². The van der Waals surface area contributed by atoms with E-state index in [2.05, 4.69) is 52.8 Å². The van der Waals surface area contributed by atoms with Gasteiger partial charge in [0.25, 0.3) is 5.91 Å². The zero-order valence-corrected chi connectivity index (χ0v) is 15.7. The number of hydrogen-bond acceptors (Lipinski definition) is 4. The molecule has 0 bridgehead atoms. The number of amidine groups is 1. The first-order valence-corrected chi connectivity index (χ1v) is 9.77. The number of hydrogen-bond donors (Lipinski definition) is 2. The van der Waals surface area contributed by atoms with Gasteiger partial charge in [-0.15, -0.1) is 0 Å². The molecule has 3 aromatic carbocycles. The lowest BCUT2D eigenvalue weighted by Gasteiger charge is -2.02. The molecular weight excluding hydrogens is 368 g/mol. The number of nitrogens with zero attached hydrogens (tertiary/aromatic N) is 1. The normalized spacial score (nSPS) is 17.6. The predicted octanol–water partition coefficient (Wildman–Crippen LogP) is 4.86. The molecule has 28 heavy (non-hydrogen) atoms. The average Bonchev–Trinajstić information content (AvgIpc) is 3.23. The van der Waals surface area contributed by atoms with Gasteiger partial charge >= 0.3 is 0 Å². The minimum absolute atomic E-state index is 0.147. The SMILES string of the molecule is O=C1NC(=Nc2ccc(O)cc2)S/C1=C/c1ccc2c(c1)Cc1ccccc1-2. The van der Waals surface area contributed by atoms with Gasteiger partial charge in [-0.05, 0) is 76.3 Å². The standard InChI is InChI=1S/C23H16N2O2S/c26-18-8-6-17(7-9-18)24-23-25-22(27)21(28-23)12-14-5-10-20-16(11-14)13-15-3-1-2-4-19(15)20/h1-12,26H,13H2,(H,24,25,27)/b21-12+. The Morgan fingerprint density at radius 2 is 1.75 bits per heavy atom. The summed E-state index contributed by atoms with van der Waals surface area (Å²) < 4.78 is 0. The molecule has 136 valence electrons. The van der Waals surface area contributed by atoms with E-state index in [1.165, 1.54) is 34.0 Å². The molecule has 1 aliphatic heterocycles. The van der Waals surface area contributed by atoms with Crippen molar-refractivity contribution < 1.29 is 9.90 Å². The molecule has 0 atom stereocenters. The smallest absolute Gasteiger partial charge is 0.264 e. The highest BCUT2D eigenvalue weighted by atomic mass is 32.2. The lowest BCUT2D eigenvalue weighted by molar-refractivity contribution is -0.115. The van der Waals surface area contributed by atoms with Crippen molar-refractivity contribution >= 4 is 34.6 Å². The fraction of sp³-hybridized carbons (Fsp3) is 0.0435. The van der Waals surface area contributed by atoms with Crippen LogP contribution in [0.2, 0.25) is 0 Å². The highest BCUT2D eigenvalue weighted by molar-refractivity contribution is 8.18. The van der Waals surface area contributed by atoms with Gasteiger partial charge in [0.2, 0.25) is 0 Å². The van der Waals surface area contributed by atoms with E-state index in [1.54, 1.807) is 24.3 Å². The van der Waals surface area contributed by atoms with Crippen LogP contribution in [0, 0.1) is 0 Å². The Bertz CT molecular complexity index is 1160. The van der Waals surface area contributed by atoms with E-state index in [1.807, 2.05) is 6.08 Å². The molecule has 5 heteroatoms. The molecule has 5 rings (SSSR count). The summed E-state index contributed by atoms with van der Waals surface area (Å²) in [5.41, 5.74) is 6.90. The fourth-order valence-corrected chi connectivity index (χ4v) is 4.37. The highest BCUT2D eigenvalue weighted by Crippen LogP contribution is 2.37. The maximum atomic E-state index is 12.3. The first-order valence-electron chi connectivity index (χ1n) is 8.95. The number of carbonyl (C=O) groups excluding carboxylic acids is 1. The maximum absolute atomic E-state index is 12.3. The number of phenols is 1. The van der Waals surface area contributed by atoms with E-state index < -0.39 is 0 Å². The van der Waals surface area contributed by atoms with Crippen LogP contribution in [0.3, 0.4) is 0 Å². The van der Waals surface area contributed by atoms with Gasteiger partial charge in [0, 0.05) is 0 Å². The minimum atomic E-state index is -0.147. The fourth-order valence-electron chi connectivity index (χ4n) is 3.53. The summed E-state index contributed by atoms with van der Waals surface area (Å²) in [6, 6.07) is 21.4. The highest BCUT2D eigenvalue weighted by Gasteiger charge is 2.24. The molecule has 0 radical (unpaired) electrons. The van der Waals surface area contributed by atoms with E-state index in [0.717, 1.165) is 12.0 Å². The molecule has 2 N–H and O–H groups in total. The van der Waals surface area contributed by atoms with Crippen molar-refractivity contribution in [3.05, 3.63) is 88.3 Å². The summed E-state index contributed by atoms with van der Waals surface area (Å²) in [4.78, 5) is 17.4. The second kappa shape index (κ2) is 6.69. The van der Waals surface area contributed by atoms with Crippen molar-refractivity contribution in [1.82, 2.24) is 5.32 Å². The average molecular weight is 384 g/mol. The van der Waals surface area contributed by atoms with Gasteiger partial charge in [-0.2, -0.15) is 0 Å². The second-order valence-corrected chi connectivity index (χ2v) is 7.78. The van der Waals surface area contributed by atoms with Crippen LogP contribution in [-0.4, -0.2) is 16.2 Å². The predicted molar refractivity (Wildman–Crippen MR) is 114 cm³/mol. The quantitative estimate of drug-likeness (QED) is 0.486. The summed E-state index contributed by atoms with van der Waals surface area (Å²) in [6.07, 6.45) is 2.83. The monoisotopic (exact) mass is 384 g/mol. The van der Waals surface area contributed by atoms with Crippen molar-refractivity contribution in [3.8, 4) is 16.9 Å². The molecular formula is C23H16N2O2S. The van der Waals surface area contributed by atoms with Crippen molar-refractivity contribution in [1.29, 1.82) is 0 Å². The summed E-state index contributed by atoms with van der Waals surface area (Å²) in [7, 11) is 0. The number of fused-ring (bicyclic) bond motifs is 3. The third-order valence-corrected chi connectivity index (χ3v) is 5.76. The number of thioether (sulfide) groups is 1. The molecule has 1 fully saturated rings. The Kier molecular flexibility index (Phi) is 4.02. The number of phenolic OH excluding ortho intramolecular Hbond substituents is 1. The van der Waals surface area contributed by atoms with Gasteiger partial charge in [0.1, 0.15) is 5.75 Å². The number of carbonyl (C=O) groups is 1. The lowest BCUT2D eigenvalue weighted by Crippen LogP contribution is -2.19. The minimum Gasteiger partial charge on any atom is -0.508 e. The molecule has 0 spiro atoms. The van der Waals surface area contributed by atoms with Crippen molar-refractivity contribution in [3.63, 3.8) is 0 Å². The molecule has 4 nitrogen and oxygen atoms in total. The Balaban J connectivity index is 1.40. The van der Waals surface area contributed by atoms with Gasteiger partial charge in [-0.25, -0.2) is 4.99 Å². The van der Waals surface area contributed by atoms with E-state index in [-0.39, 0.29) is 11.7 Å². The molecule has 0 saturated carbocycles. The van der Waals surface area contributed by atoms with Crippen molar-refractivity contribution in [2.24, 2.45) is 4.99 Å². The summed E-state index contributed by atoms with van der Waals surface area (Å²) in [5.74, 6) is 0.0396. The van der Waals surface area contributed by atoms with Gasteiger partial charge in [0.05, 0.1) is 10.6 Å².